The zero-order chi connectivity index (χ0) is 20.2. The SMILES string of the molecule is CC(C)(C)OC(=O)N1[C@@H](C2CC2)C=C(OS(=O)(=O)C(F)(F)F)C[C@H]1C1CC1. The van der Waals surface area contributed by atoms with E-state index in [1.165, 1.54) is 6.08 Å². The van der Waals surface area contributed by atoms with Gasteiger partial charge in [-0.2, -0.15) is 21.6 Å². The third-order valence-electron chi connectivity index (χ3n) is 4.82. The minimum atomic E-state index is -5.72. The zero-order valence-corrected chi connectivity index (χ0v) is 16.3. The van der Waals surface area contributed by atoms with Gasteiger partial charge in [0.25, 0.3) is 0 Å². The van der Waals surface area contributed by atoms with Crippen molar-refractivity contribution in [2.24, 2.45) is 11.8 Å². The fraction of sp³-hybridized carbons (Fsp3) is 0.824. The van der Waals surface area contributed by atoms with Gasteiger partial charge in [-0.1, -0.05) is 0 Å². The Morgan fingerprint density at radius 3 is 2.11 bits per heavy atom. The normalized spacial score (nSPS) is 27.2. The van der Waals surface area contributed by atoms with E-state index in [4.69, 9.17) is 4.74 Å². The van der Waals surface area contributed by atoms with Crippen molar-refractivity contribution in [3.05, 3.63) is 11.8 Å². The average molecular weight is 411 g/mol. The molecule has 0 N–H and O–H groups in total. The highest BCUT2D eigenvalue weighted by atomic mass is 32.2. The molecule has 10 heteroatoms. The number of hydrogen-bond donors (Lipinski definition) is 0. The van der Waals surface area contributed by atoms with E-state index in [0.29, 0.717) is 0 Å². The van der Waals surface area contributed by atoms with E-state index < -0.39 is 39.4 Å². The summed E-state index contributed by atoms with van der Waals surface area (Å²) in [6, 6.07) is -0.938. The Balaban J connectivity index is 1.89. The molecule has 0 radical (unpaired) electrons. The lowest BCUT2D eigenvalue weighted by Crippen LogP contribution is -2.53. The van der Waals surface area contributed by atoms with Crippen molar-refractivity contribution in [3.8, 4) is 0 Å². The molecule has 1 amide bonds. The number of nitrogens with zero attached hydrogens (tertiary/aromatic N) is 1. The second-order valence-electron chi connectivity index (χ2n) is 8.44. The minimum Gasteiger partial charge on any atom is -0.444 e. The molecule has 27 heavy (non-hydrogen) atoms. The molecule has 2 saturated carbocycles. The molecule has 1 heterocycles. The third-order valence-corrected chi connectivity index (χ3v) is 5.82. The van der Waals surface area contributed by atoms with Gasteiger partial charge in [0.1, 0.15) is 11.4 Å². The fourth-order valence-corrected chi connectivity index (χ4v) is 3.86. The minimum absolute atomic E-state index is 0.0670. The molecule has 154 valence electrons. The van der Waals surface area contributed by atoms with Crippen LogP contribution in [0.4, 0.5) is 18.0 Å². The largest absolute Gasteiger partial charge is 0.534 e. The first-order chi connectivity index (χ1) is 12.3. The van der Waals surface area contributed by atoms with Gasteiger partial charge in [0.15, 0.2) is 0 Å². The Hall–Kier alpha value is -1.45. The number of carbonyl (C=O) groups is 1. The van der Waals surface area contributed by atoms with E-state index in [9.17, 15) is 26.4 Å². The number of halogens is 3. The van der Waals surface area contributed by atoms with Gasteiger partial charge < -0.3 is 8.92 Å². The quantitative estimate of drug-likeness (QED) is 0.518. The lowest BCUT2D eigenvalue weighted by molar-refractivity contribution is -0.0531. The number of hydrogen-bond acceptors (Lipinski definition) is 5. The van der Waals surface area contributed by atoms with Crippen LogP contribution in [0.25, 0.3) is 0 Å². The molecule has 0 aromatic heterocycles. The van der Waals surface area contributed by atoms with Crippen molar-refractivity contribution < 1.29 is 35.3 Å². The summed E-state index contributed by atoms with van der Waals surface area (Å²) in [5.41, 5.74) is -6.19. The Kier molecular flexibility index (Phi) is 4.93. The molecule has 2 atom stereocenters. The summed E-state index contributed by atoms with van der Waals surface area (Å²) in [5.74, 6) is -0.0492. The van der Waals surface area contributed by atoms with Crippen molar-refractivity contribution >= 4 is 16.2 Å². The number of amides is 1. The molecule has 0 aromatic carbocycles. The van der Waals surface area contributed by atoms with Crippen LogP contribution < -0.4 is 0 Å². The number of carbonyl (C=O) groups excluding carboxylic acids is 1. The van der Waals surface area contributed by atoms with Crippen LogP contribution in [-0.4, -0.2) is 42.6 Å². The maximum Gasteiger partial charge on any atom is 0.534 e. The highest BCUT2D eigenvalue weighted by Gasteiger charge is 2.52. The van der Waals surface area contributed by atoms with E-state index >= 15 is 0 Å². The Morgan fingerprint density at radius 1 is 1.11 bits per heavy atom. The summed E-state index contributed by atoms with van der Waals surface area (Å²) in [6.07, 6.45) is 4.06. The Labute approximate surface area is 156 Å². The summed E-state index contributed by atoms with van der Waals surface area (Å²) in [4.78, 5) is 14.4. The predicted octanol–water partition coefficient (Wildman–Crippen LogP) is 3.93. The second kappa shape index (κ2) is 6.56. The summed E-state index contributed by atoms with van der Waals surface area (Å²) in [7, 11) is -5.72. The molecule has 1 aliphatic heterocycles. The molecule has 2 fully saturated rings. The highest BCUT2D eigenvalue weighted by Crippen LogP contribution is 2.47. The van der Waals surface area contributed by atoms with Gasteiger partial charge in [0.05, 0.1) is 6.04 Å². The molecule has 2 aliphatic carbocycles. The van der Waals surface area contributed by atoms with E-state index in [1.54, 1.807) is 25.7 Å². The predicted molar refractivity (Wildman–Crippen MR) is 89.9 cm³/mol. The molecule has 0 bridgehead atoms. The van der Waals surface area contributed by atoms with E-state index in [-0.39, 0.29) is 24.0 Å². The Bertz CT molecular complexity index is 733. The monoisotopic (exact) mass is 411 g/mol. The highest BCUT2D eigenvalue weighted by molar-refractivity contribution is 7.87. The summed E-state index contributed by atoms with van der Waals surface area (Å²) in [5, 5.41) is 0. The van der Waals surface area contributed by atoms with Crippen molar-refractivity contribution in [1.29, 1.82) is 0 Å². The number of rotatable bonds is 4. The molecule has 0 unspecified atom stereocenters. The first kappa shape index (κ1) is 20.3. The summed E-state index contributed by atoms with van der Waals surface area (Å²) in [6.45, 7) is 5.23. The lowest BCUT2D eigenvalue weighted by atomic mass is 9.95. The smallest absolute Gasteiger partial charge is 0.444 e. The van der Waals surface area contributed by atoms with Crippen molar-refractivity contribution in [3.63, 3.8) is 0 Å². The molecular weight excluding hydrogens is 387 g/mol. The second-order valence-corrected chi connectivity index (χ2v) is 9.98. The zero-order valence-electron chi connectivity index (χ0n) is 15.5. The van der Waals surface area contributed by atoms with Crippen LogP contribution in [0.2, 0.25) is 0 Å². The van der Waals surface area contributed by atoms with E-state index in [0.717, 1.165) is 25.7 Å². The van der Waals surface area contributed by atoms with E-state index in [1.807, 2.05) is 0 Å². The Morgan fingerprint density at radius 2 is 1.67 bits per heavy atom. The van der Waals surface area contributed by atoms with Crippen LogP contribution in [0.1, 0.15) is 52.9 Å². The maximum atomic E-state index is 12.8. The van der Waals surface area contributed by atoms with Crippen molar-refractivity contribution in [2.75, 3.05) is 0 Å². The molecule has 0 aromatic rings. The van der Waals surface area contributed by atoms with Crippen LogP contribution in [-0.2, 0) is 19.0 Å². The lowest BCUT2D eigenvalue weighted by Gasteiger charge is -2.41. The standard InChI is InChI=1S/C17H24F3NO5S/c1-16(2,3)25-15(22)21-13(10-4-5-10)8-12(9-14(21)11-6-7-11)26-27(23,24)17(18,19)20/h8,10-11,13-14H,4-7,9H2,1-3H3/t13-,14+/m1/s1. The van der Waals surface area contributed by atoms with Gasteiger partial charge in [-0.15, -0.1) is 0 Å². The van der Waals surface area contributed by atoms with Gasteiger partial charge in [-0.05, 0) is 64.4 Å². The van der Waals surface area contributed by atoms with Gasteiger partial charge in [-0.25, -0.2) is 4.79 Å². The topological polar surface area (TPSA) is 72.9 Å². The van der Waals surface area contributed by atoms with Crippen molar-refractivity contribution in [1.82, 2.24) is 4.90 Å². The van der Waals surface area contributed by atoms with Crippen LogP contribution in [0.15, 0.2) is 11.8 Å². The molecule has 6 nitrogen and oxygen atoms in total. The molecule has 3 aliphatic rings. The van der Waals surface area contributed by atoms with Crippen LogP contribution in [0.3, 0.4) is 0 Å². The first-order valence-corrected chi connectivity index (χ1v) is 10.4. The van der Waals surface area contributed by atoms with Crippen LogP contribution in [0.5, 0.6) is 0 Å². The third kappa shape index (κ3) is 4.70. The molecule has 0 saturated heterocycles. The summed E-state index contributed by atoms with van der Waals surface area (Å²) < 4.78 is 70.8. The molecular formula is C17H24F3NO5S. The maximum absolute atomic E-state index is 12.8. The van der Waals surface area contributed by atoms with Gasteiger partial charge >= 0.3 is 21.7 Å². The van der Waals surface area contributed by atoms with Gasteiger partial charge in [0.2, 0.25) is 0 Å². The number of alkyl halides is 3. The summed E-state index contributed by atoms with van der Waals surface area (Å²) >= 11 is 0. The van der Waals surface area contributed by atoms with Crippen LogP contribution >= 0.6 is 0 Å². The fourth-order valence-electron chi connectivity index (χ4n) is 3.36. The molecule has 3 rings (SSSR count). The van der Waals surface area contributed by atoms with E-state index in [2.05, 4.69) is 4.18 Å². The average Bonchev–Trinajstić information content (AvgIpc) is 3.34. The van der Waals surface area contributed by atoms with Crippen LogP contribution in [0, 0.1) is 11.8 Å². The number of ether oxygens (including phenoxy) is 1. The molecule has 0 spiro atoms. The van der Waals surface area contributed by atoms with Gasteiger partial charge in [0, 0.05) is 12.5 Å². The first-order valence-electron chi connectivity index (χ1n) is 9.01. The van der Waals surface area contributed by atoms with Gasteiger partial charge in [-0.3, -0.25) is 4.90 Å². The van der Waals surface area contributed by atoms with Crippen molar-refractivity contribution in [2.45, 2.75) is 76.1 Å².